The first-order chi connectivity index (χ1) is 8.56. The van der Waals surface area contributed by atoms with E-state index in [4.69, 9.17) is 14.2 Å². The first-order valence-electron chi connectivity index (χ1n) is 5.53. The second kappa shape index (κ2) is 6.04. The molecule has 1 N–H and O–H groups in total. The van der Waals surface area contributed by atoms with E-state index in [0.29, 0.717) is 0 Å². The van der Waals surface area contributed by atoms with Crippen LogP contribution in [0, 0.1) is 0 Å². The summed E-state index contributed by atoms with van der Waals surface area (Å²) >= 11 is 0. The van der Waals surface area contributed by atoms with Crippen molar-refractivity contribution < 1.29 is 28.6 Å². The van der Waals surface area contributed by atoms with E-state index in [2.05, 4.69) is 5.32 Å². The van der Waals surface area contributed by atoms with Crippen LogP contribution in [0.2, 0.25) is 0 Å². The van der Waals surface area contributed by atoms with Gasteiger partial charge in [-0.3, -0.25) is 0 Å². The fourth-order valence-electron chi connectivity index (χ4n) is 1.50. The molecule has 1 rings (SSSR count). The van der Waals surface area contributed by atoms with Crippen LogP contribution < -0.4 is 5.32 Å². The van der Waals surface area contributed by atoms with Crippen molar-refractivity contribution in [2.45, 2.75) is 20.0 Å². The largest absolute Gasteiger partial charge is 0.463 e. The van der Waals surface area contributed by atoms with Crippen LogP contribution in [0.1, 0.15) is 13.8 Å². The van der Waals surface area contributed by atoms with Crippen molar-refractivity contribution in [3.05, 3.63) is 11.3 Å². The zero-order valence-corrected chi connectivity index (χ0v) is 10.4. The molecule has 0 spiro atoms. The summed E-state index contributed by atoms with van der Waals surface area (Å²) in [5, 5.41) is 2.53. The first-order valence-corrected chi connectivity index (χ1v) is 5.53. The first kappa shape index (κ1) is 14.0. The van der Waals surface area contributed by atoms with E-state index in [-0.39, 0.29) is 24.5 Å². The van der Waals surface area contributed by atoms with Gasteiger partial charge in [0, 0.05) is 7.05 Å². The van der Waals surface area contributed by atoms with Gasteiger partial charge in [0.2, 0.25) is 6.10 Å². The fraction of sp³-hybridized carbons (Fsp3) is 0.545. The van der Waals surface area contributed by atoms with Gasteiger partial charge in [-0.1, -0.05) is 0 Å². The van der Waals surface area contributed by atoms with Crippen LogP contribution >= 0.6 is 0 Å². The summed E-state index contributed by atoms with van der Waals surface area (Å²) < 4.78 is 14.3. The monoisotopic (exact) mass is 257 g/mol. The van der Waals surface area contributed by atoms with Crippen LogP contribution in [0.5, 0.6) is 0 Å². The molecule has 0 saturated carbocycles. The van der Waals surface area contributed by atoms with E-state index >= 15 is 0 Å². The van der Waals surface area contributed by atoms with E-state index in [1.807, 2.05) is 0 Å². The molecule has 18 heavy (non-hydrogen) atoms. The predicted octanol–water partition coefficient (Wildman–Crippen LogP) is -0.488. The van der Waals surface area contributed by atoms with E-state index in [1.54, 1.807) is 13.8 Å². The molecular weight excluding hydrogens is 242 g/mol. The van der Waals surface area contributed by atoms with Gasteiger partial charge in [-0.2, -0.15) is 0 Å². The number of carbonyl (C=O) groups is 3. The average Bonchev–Trinajstić information content (AvgIpc) is 2.66. The molecule has 0 aromatic heterocycles. The van der Waals surface area contributed by atoms with E-state index in [0.717, 1.165) is 0 Å². The Bertz CT molecular complexity index is 400. The minimum Gasteiger partial charge on any atom is -0.463 e. The second-order valence-electron chi connectivity index (χ2n) is 3.30. The van der Waals surface area contributed by atoms with Crippen molar-refractivity contribution in [3.63, 3.8) is 0 Å². The summed E-state index contributed by atoms with van der Waals surface area (Å²) in [6.45, 7) is 3.48. The molecule has 0 aliphatic carbocycles. The highest BCUT2D eigenvalue weighted by atomic mass is 16.6. The maximum Gasteiger partial charge on any atom is 0.356 e. The smallest absolute Gasteiger partial charge is 0.356 e. The lowest BCUT2D eigenvalue weighted by Crippen LogP contribution is -2.30. The Morgan fingerprint density at radius 3 is 2.39 bits per heavy atom. The lowest BCUT2D eigenvalue weighted by atomic mass is 10.1. The molecule has 0 amide bonds. The summed E-state index contributed by atoms with van der Waals surface area (Å²) in [6, 6.07) is 0. The van der Waals surface area contributed by atoms with Gasteiger partial charge in [0.05, 0.1) is 13.2 Å². The molecule has 0 fully saturated rings. The number of hydrogen-bond acceptors (Lipinski definition) is 7. The zero-order chi connectivity index (χ0) is 13.7. The molecule has 100 valence electrons. The van der Waals surface area contributed by atoms with Crippen LogP contribution in [0.15, 0.2) is 11.3 Å². The minimum absolute atomic E-state index is 0.0773. The molecule has 0 saturated heterocycles. The molecule has 0 radical (unpaired) electrons. The summed E-state index contributed by atoms with van der Waals surface area (Å²) in [5.41, 5.74) is -0.227. The lowest BCUT2D eigenvalue weighted by molar-refractivity contribution is -0.161. The number of hydrogen-bond donors (Lipinski definition) is 1. The van der Waals surface area contributed by atoms with Gasteiger partial charge in [0.1, 0.15) is 11.3 Å². The molecule has 7 heteroatoms. The Hall–Kier alpha value is -2.05. The standard InChI is InChI=1S/C11H15NO6/c1-4-16-9(13)6-7(12-3)10(14)18-8(6)11(15)17-5-2/h8,12H,4-5H2,1-3H3. The number of nitrogens with one attached hydrogen (secondary N) is 1. The topological polar surface area (TPSA) is 90.9 Å². The van der Waals surface area contributed by atoms with Gasteiger partial charge in [0.25, 0.3) is 0 Å². The Kier molecular flexibility index (Phi) is 4.70. The highest BCUT2D eigenvalue weighted by Gasteiger charge is 2.44. The van der Waals surface area contributed by atoms with Crippen LogP contribution in [0.3, 0.4) is 0 Å². The maximum atomic E-state index is 11.7. The third-order valence-corrected chi connectivity index (χ3v) is 2.21. The third kappa shape index (κ3) is 2.61. The van der Waals surface area contributed by atoms with Crippen molar-refractivity contribution in [2.75, 3.05) is 20.3 Å². The quantitative estimate of drug-likeness (QED) is 0.525. The van der Waals surface area contributed by atoms with Gasteiger partial charge in [-0.15, -0.1) is 0 Å². The summed E-state index contributed by atoms with van der Waals surface area (Å²) in [5.74, 6) is -2.34. The predicted molar refractivity (Wildman–Crippen MR) is 59.2 cm³/mol. The van der Waals surface area contributed by atoms with Gasteiger partial charge in [-0.25, -0.2) is 14.4 Å². The number of carbonyl (C=O) groups excluding carboxylic acids is 3. The van der Waals surface area contributed by atoms with Gasteiger partial charge >= 0.3 is 17.9 Å². The zero-order valence-electron chi connectivity index (χ0n) is 10.4. The number of likely N-dealkylation sites (N-methyl/N-ethyl adjacent to an activating group) is 1. The minimum atomic E-state index is -1.36. The molecule has 0 aromatic carbocycles. The Morgan fingerprint density at radius 1 is 1.28 bits per heavy atom. The average molecular weight is 257 g/mol. The number of esters is 3. The SMILES string of the molecule is CCOC(=O)C1=C(NC)C(=O)OC1C(=O)OCC. The molecular formula is C11H15NO6. The van der Waals surface area contributed by atoms with Crippen molar-refractivity contribution >= 4 is 17.9 Å². The molecule has 7 nitrogen and oxygen atoms in total. The van der Waals surface area contributed by atoms with Crippen LogP contribution in [-0.2, 0) is 28.6 Å². The summed E-state index contributed by atoms with van der Waals surface area (Å²) in [4.78, 5) is 34.8. The number of cyclic esters (lactones) is 1. The van der Waals surface area contributed by atoms with Crippen LogP contribution in [-0.4, -0.2) is 44.3 Å². The van der Waals surface area contributed by atoms with Crippen molar-refractivity contribution in [2.24, 2.45) is 0 Å². The third-order valence-electron chi connectivity index (χ3n) is 2.21. The van der Waals surface area contributed by atoms with E-state index in [9.17, 15) is 14.4 Å². The molecule has 0 aromatic rings. The molecule has 1 heterocycles. The number of ether oxygens (including phenoxy) is 3. The van der Waals surface area contributed by atoms with Crippen molar-refractivity contribution in [3.8, 4) is 0 Å². The van der Waals surface area contributed by atoms with Crippen molar-refractivity contribution in [1.82, 2.24) is 5.32 Å². The number of rotatable bonds is 5. The Morgan fingerprint density at radius 2 is 1.89 bits per heavy atom. The molecule has 0 bridgehead atoms. The maximum absolute atomic E-state index is 11.7. The van der Waals surface area contributed by atoms with E-state index in [1.165, 1.54) is 7.05 Å². The van der Waals surface area contributed by atoms with Gasteiger partial charge < -0.3 is 19.5 Å². The molecule has 1 unspecified atom stereocenters. The Labute approximate surface area is 104 Å². The summed E-state index contributed by atoms with van der Waals surface area (Å²) in [6.07, 6.45) is -1.36. The lowest BCUT2D eigenvalue weighted by Gasteiger charge is -2.11. The highest BCUT2D eigenvalue weighted by Crippen LogP contribution is 2.23. The molecule has 1 aliphatic heterocycles. The molecule has 1 atom stereocenters. The van der Waals surface area contributed by atoms with Crippen LogP contribution in [0.25, 0.3) is 0 Å². The molecule has 1 aliphatic rings. The fourth-order valence-corrected chi connectivity index (χ4v) is 1.50. The van der Waals surface area contributed by atoms with Gasteiger partial charge in [0.15, 0.2) is 0 Å². The van der Waals surface area contributed by atoms with E-state index < -0.39 is 24.0 Å². The highest BCUT2D eigenvalue weighted by molar-refractivity contribution is 6.09. The van der Waals surface area contributed by atoms with Crippen molar-refractivity contribution in [1.29, 1.82) is 0 Å². The summed E-state index contributed by atoms with van der Waals surface area (Å²) in [7, 11) is 1.45. The normalized spacial score (nSPS) is 18.4. The van der Waals surface area contributed by atoms with Gasteiger partial charge in [-0.05, 0) is 13.8 Å². The Balaban J connectivity index is 3.06. The second-order valence-corrected chi connectivity index (χ2v) is 3.30. The van der Waals surface area contributed by atoms with Crippen LogP contribution in [0.4, 0.5) is 0 Å².